The number of benzene rings is 2. The highest BCUT2D eigenvalue weighted by molar-refractivity contribution is 5.92. The lowest BCUT2D eigenvalue weighted by molar-refractivity contribution is -0.133. The van der Waals surface area contributed by atoms with Crippen molar-refractivity contribution in [3.05, 3.63) is 65.7 Å². The first-order chi connectivity index (χ1) is 12.2. The van der Waals surface area contributed by atoms with Crippen molar-refractivity contribution in [3.63, 3.8) is 0 Å². The van der Waals surface area contributed by atoms with Gasteiger partial charge in [0.1, 0.15) is 5.75 Å². The molecule has 138 valence electrons. The molecule has 2 aliphatic rings. The van der Waals surface area contributed by atoms with E-state index in [2.05, 4.69) is 12.1 Å². The SMILES string of the molecule is COc1ccccc1C1(C(=O)N2C[C@@H](N)[C@H](c3ccccc3)C2)CC1.Cl. The van der Waals surface area contributed by atoms with Gasteiger partial charge < -0.3 is 15.4 Å². The molecule has 1 heterocycles. The molecule has 1 saturated carbocycles. The predicted molar refractivity (Wildman–Crippen MR) is 105 cm³/mol. The second-order valence-corrected chi connectivity index (χ2v) is 7.17. The normalized spacial score (nSPS) is 23.2. The average Bonchev–Trinajstić information content (AvgIpc) is 3.38. The van der Waals surface area contributed by atoms with E-state index in [4.69, 9.17) is 10.5 Å². The number of amides is 1. The maximum absolute atomic E-state index is 13.3. The van der Waals surface area contributed by atoms with E-state index < -0.39 is 5.41 Å². The summed E-state index contributed by atoms with van der Waals surface area (Å²) in [5.41, 5.74) is 8.19. The van der Waals surface area contributed by atoms with E-state index in [1.807, 2.05) is 47.4 Å². The van der Waals surface area contributed by atoms with Crippen LogP contribution in [0.2, 0.25) is 0 Å². The third-order valence-electron chi connectivity index (χ3n) is 5.66. The summed E-state index contributed by atoms with van der Waals surface area (Å²) in [5.74, 6) is 1.21. The summed E-state index contributed by atoms with van der Waals surface area (Å²) in [6, 6.07) is 18.1. The van der Waals surface area contributed by atoms with Gasteiger partial charge >= 0.3 is 0 Å². The van der Waals surface area contributed by atoms with Gasteiger partial charge in [-0.1, -0.05) is 48.5 Å². The quantitative estimate of drug-likeness (QED) is 0.897. The van der Waals surface area contributed by atoms with Crippen LogP contribution >= 0.6 is 12.4 Å². The molecule has 0 bridgehead atoms. The Morgan fingerprint density at radius 1 is 1.08 bits per heavy atom. The minimum absolute atomic E-state index is 0. The van der Waals surface area contributed by atoms with E-state index in [1.54, 1.807) is 7.11 Å². The number of hydrogen-bond acceptors (Lipinski definition) is 3. The van der Waals surface area contributed by atoms with E-state index in [0.29, 0.717) is 13.1 Å². The lowest BCUT2D eigenvalue weighted by atomic mass is 9.93. The molecule has 1 aliphatic carbocycles. The zero-order valence-electron chi connectivity index (χ0n) is 14.9. The summed E-state index contributed by atoms with van der Waals surface area (Å²) in [5, 5.41) is 0. The molecule has 0 radical (unpaired) electrons. The number of nitrogens with two attached hydrogens (primary N) is 1. The van der Waals surface area contributed by atoms with E-state index in [9.17, 15) is 4.79 Å². The number of para-hydroxylation sites is 1. The van der Waals surface area contributed by atoms with Gasteiger partial charge in [-0.3, -0.25) is 4.79 Å². The summed E-state index contributed by atoms with van der Waals surface area (Å²) in [6.07, 6.45) is 1.77. The second kappa shape index (κ2) is 7.29. The molecule has 0 unspecified atom stereocenters. The molecule has 0 aromatic heterocycles. The Morgan fingerprint density at radius 2 is 1.73 bits per heavy atom. The van der Waals surface area contributed by atoms with Gasteiger partial charge in [0.25, 0.3) is 0 Å². The van der Waals surface area contributed by atoms with Gasteiger partial charge in [0, 0.05) is 30.6 Å². The van der Waals surface area contributed by atoms with Gasteiger partial charge in [-0.25, -0.2) is 0 Å². The van der Waals surface area contributed by atoms with Crippen LogP contribution in [0, 0.1) is 0 Å². The molecule has 0 spiro atoms. The highest BCUT2D eigenvalue weighted by atomic mass is 35.5. The fourth-order valence-corrected chi connectivity index (χ4v) is 4.11. The van der Waals surface area contributed by atoms with Gasteiger partial charge in [0.15, 0.2) is 0 Å². The fraction of sp³-hybridized carbons (Fsp3) is 0.381. The summed E-state index contributed by atoms with van der Waals surface area (Å²) >= 11 is 0. The average molecular weight is 373 g/mol. The van der Waals surface area contributed by atoms with Crippen LogP contribution < -0.4 is 10.5 Å². The number of ether oxygens (including phenoxy) is 1. The molecule has 1 saturated heterocycles. The Hall–Kier alpha value is -2.04. The second-order valence-electron chi connectivity index (χ2n) is 7.17. The molecule has 2 fully saturated rings. The lowest BCUT2D eigenvalue weighted by Crippen LogP contribution is -2.39. The Bertz CT molecular complexity index is 777. The largest absolute Gasteiger partial charge is 0.496 e. The van der Waals surface area contributed by atoms with Crippen molar-refractivity contribution in [1.82, 2.24) is 4.90 Å². The van der Waals surface area contributed by atoms with Crippen molar-refractivity contribution in [2.24, 2.45) is 5.73 Å². The topological polar surface area (TPSA) is 55.6 Å². The molecular formula is C21H25ClN2O2. The molecule has 2 aromatic rings. The molecule has 4 nitrogen and oxygen atoms in total. The molecule has 1 amide bonds. The Balaban J connectivity index is 0.00000196. The highest BCUT2D eigenvalue weighted by Gasteiger charge is 2.55. The third-order valence-corrected chi connectivity index (χ3v) is 5.66. The van der Waals surface area contributed by atoms with Gasteiger partial charge in [0.2, 0.25) is 5.91 Å². The number of halogens is 1. The first-order valence-electron chi connectivity index (χ1n) is 8.89. The van der Waals surface area contributed by atoms with E-state index in [-0.39, 0.29) is 30.3 Å². The minimum Gasteiger partial charge on any atom is -0.496 e. The summed E-state index contributed by atoms with van der Waals surface area (Å²) in [4.78, 5) is 15.3. The zero-order valence-corrected chi connectivity index (χ0v) is 15.7. The summed E-state index contributed by atoms with van der Waals surface area (Å²) < 4.78 is 5.50. The summed E-state index contributed by atoms with van der Waals surface area (Å²) in [7, 11) is 1.66. The van der Waals surface area contributed by atoms with E-state index >= 15 is 0 Å². The number of likely N-dealkylation sites (tertiary alicyclic amines) is 1. The van der Waals surface area contributed by atoms with Crippen molar-refractivity contribution in [2.45, 2.75) is 30.2 Å². The minimum atomic E-state index is -0.419. The monoisotopic (exact) mass is 372 g/mol. The molecule has 4 rings (SSSR count). The van der Waals surface area contributed by atoms with Crippen LogP contribution in [0.3, 0.4) is 0 Å². The van der Waals surface area contributed by atoms with E-state index in [0.717, 1.165) is 24.2 Å². The van der Waals surface area contributed by atoms with Crippen molar-refractivity contribution in [1.29, 1.82) is 0 Å². The van der Waals surface area contributed by atoms with E-state index in [1.165, 1.54) is 5.56 Å². The third kappa shape index (κ3) is 3.08. The zero-order chi connectivity index (χ0) is 17.4. The maximum atomic E-state index is 13.3. The van der Waals surface area contributed by atoms with Crippen LogP contribution in [-0.2, 0) is 10.2 Å². The smallest absolute Gasteiger partial charge is 0.233 e. The van der Waals surface area contributed by atoms with Crippen LogP contribution in [0.25, 0.3) is 0 Å². The number of methoxy groups -OCH3 is 1. The first-order valence-corrected chi connectivity index (χ1v) is 8.89. The van der Waals surface area contributed by atoms with Crippen LogP contribution in [0.15, 0.2) is 54.6 Å². The number of rotatable bonds is 4. The van der Waals surface area contributed by atoms with Crippen molar-refractivity contribution in [3.8, 4) is 5.75 Å². The number of carbonyl (C=O) groups excluding carboxylic acids is 1. The van der Waals surface area contributed by atoms with Gasteiger partial charge in [-0.05, 0) is 24.5 Å². The van der Waals surface area contributed by atoms with Gasteiger partial charge in [-0.15, -0.1) is 12.4 Å². The highest BCUT2D eigenvalue weighted by Crippen LogP contribution is 2.53. The van der Waals surface area contributed by atoms with Crippen LogP contribution in [0.5, 0.6) is 5.75 Å². The number of hydrogen-bond donors (Lipinski definition) is 1. The molecule has 2 N–H and O–H groups in total. The lowest BCUT2D eigenvalue weighted by Gasteiger charge is -2.25. The molecule has 2 atom stereocenters. The molecule has 1 aliphatic heterocycles. The maximum Gasteiger partial charge on any atom is 0.233 e. The molecule has 5 heteroatoms. The Kier molecular flexibility index (Phi) is 5.26. The fourth-order valence-electron chi connectivity index (χ4n) is 4.11. The van der Waals surface area contributed by atoms with Crippen molar-refractivity contribution >= 4 is 18.3 Å². The number of carbonyl (C=O) groups is 1. The number of nitrogens with zero attached hydrogens (tertiary/aromatic N) is 1. The standard InChI is InChI=1S/C21H24N2O2.ClH/c1-25-19-10-6-5-9-17(19)21(11-12-21)20(24)23-13-16(18(22)14-23)15-7-3-2-4-8-15;/h2-10,16,18H,11-14,22H2,1H3;1H/t16-,18+;/m0./s1. The van der Waals surface area contributed by atoms with Crippen LogP contribution in [0.4, 0.5) is 0 Å². The van der Waals surface area contributed by atoms with Gasteiger partial charge in [-0.2, -0.15) is 0 Å². The summed E-state index contributed by atoms with van der Waals surface area (Å²) in [6.45, 7) is 1.32. The molecule has 26 heavy (non-hydrogen) atoms. The van der Waals surface area contributed by atoms with Crippen LogP contribution in [-0.4, -0.2) is 37.0 Å². The van der Waals surface area contributed by atoms with Gasteiger partial charge in [0.05, 0.1) is 12.5 Å². The Morgan fingerprint density at radius 3 is 2.38 bits per heavy atom. The predicted octanol–water partition coefficient (Wildman–Crippen LogP) is 3.10. The van der Waals surface area contributed by atoms with Crippen molar-refractivity contribution in [2.75, 3.05) is 20.2 Å². The Labute approximate surface area is 160 Å². The first kappa shape index (κ1) is 18.7. The van der Waals surface area contributed by atoms with Crippen molar-refractivity contribution < 1.29 is 9.53 Å². The molecular weight excluding hydrogens is 348 g/mol. The molecule has 2 aromatic carbocycles. The van der Waals surface area contributed by atoms with Crippen LogP contribution in [0.1, 0.15) is 29.9 Å².